The predicted molar refractivity (Wildman–Crippen MR) is 81.2 cm³/mol. The summed E-state index contributed by atoms with van der Waals surface area (Å²) in [6.07, 6.45) is 2.34. The van der Waals surface area contributed by atoms with Gasteiger partial charge in [-0.15, -0.1) is 0 Å². The van der Waals surface area contributed by atoms with E-state index in [0.717, 1.165) is 24.7 Å². The third kappa shape index (κ3) is 3.58. The Bertz CT molecular complexity index is 432. The van der Waals surface area contributed by atoms with Crippen molar-refractivity contribution in [1.29, 1.82) is 0 Å². The van der Waals surface area contributed by atoms with Gasteiger partial charge in [0.05, 0.1) is 0 Å². The minimum Gasteiger partial charge on any atom is -0.377 e. The lowest BCUT2D eigenvalue weighted by Gasteiger charge is -2.35. The molecular weight excluding hydrogens is 254 g/mol. The van der Waals surface area contributed by atoms with Crippen LogP contribution < -0.4 is 10.2 Å². The van der Waals surface area contributed by atoms with Gasteiger partial charge in [0, 0.05) is 33.3 Å². The standard InChI is InChI=1S/C14H25N5O/c1-15-12-9-14(17-13(16-12)10-20-4)19(3)11-5-7-18(2)8-6-11/h9,11H,5-8,10H2,1-4H3,(H,15,16,17). The molecule has 1 saturated heterocycles. The summed E-state index contributed by atoms with van der Waals surface area (Å²) < 4.78 is 5.14. The molecule has 6 nitrogen and oxygen atoms in total. The summed E-state index contributed by atoms with van der Waals surface area (Å²) in [5, 5.41) is 3.09. The first kappa shape index (κ1) is 15.0. The van der Waals surface area contributed by atoms with Gasteiger partial charge in [0.15, 0.2) is 5.82 Å². The van der Waals surface area contributed by atoms with Gasteiger partial charge >= 0.3 is 0 Å². The first-order valence-electron chi connectivity index (χ1n) is 7.10. The van der Waals surface area contributed by atoms with E-state index in [1.54, 1.807) is 7.11 Å². The quantitative estimate of drug-likeness (QED) is 0.874. The topological polar surface area (TPSA) is 53.5 Å². The molecular formula is C14H25N5O. The first-order chi connectivity index (χ1) is 9.63. The minimum absolute atomic E-state index is 0.434. The van der Waals surface area contributed by atoms with E-state index in [1.807, 2.05) is 13.1 Å². The smallest absolute Gasteiger partial charge is 0.158 e. The molecule has 1 fully saturated rings. The zero-order valence-corrected chi connectivity index (χ0v) is 12.9. The summed E-state index contributed by atoms with van der Waals surface area (Å²) in [6.45, 7) is 2.72. The number of ether oxygens (including phenoxy) is 1. The second-order valence-corrected chi connectivity index (χ2v) is 5.36. The van der Waals surface area contributed by atoms with Crippen molar-refractivity contribution in [1.82, 2.24) is 14.9 Å². The molecule has 0 amide bonds. The zero-order valence-electron chi connectivity index (χ0n) is 12.9. The lowest BCUT2D eigenvalue weighted by molar-refractivity contribution is 0.178. The van der Waals surface area contributed by atoms with Crippen molar-refractivity contribution in [3.8, 4) is 0 Å². The first-order valence-corrected chi connectivity index (χ1v) is 7.10. The zero-order chi connectivity index (χ0) is 14.5. The maximum Gasteiger partial charge on any atom is 0.158 e. The van der Waals surface area contributed by atoms with E-state index >= 15 is 0 Å². The van der Waals surface area contributed by atoms with Crippen LogP contribution in [0.15, 0.2) is 6.07 Å². The van der Waals surface area contributed by atoms with E-state index in [-0.39, 0.29) is 0 Å². The predicted octanol–water partition coefficient (Wildman–Crippen LogP) is 1.20. The molecule has 2 heterocycles. The van der Waals surface area contributed by atoms with Gasteiger partial charge in [-0.05, 0) is 33.0 Å². The Balaban J connectivity index is 2.15. The number of anilines is 2. The minimum atomic E-state index is 0.434. The average molecular weight is 279 g/mol. The van der Waals surface area contributed by atoms with E-state index in [0.29, 0.717) is 18.5 Å². The summed E-state index contributed by atoms with van der Waals surface area (Å²) in [4.78, 5) is 13.6. The molecule has 0 unspecified atom stereocenters. The van der Waals surface area contributed by atoms with Crippen molar-refractivity contribution in [3.63, 3.8) is 0 Å². The van der Waals surface area contributed by atoms with Crippen molar-refractivity contribution in [2.24, 2.45) is 0 Å². The molecule has 6 heteroatoms. The van der Waals surface area contributed by atoms with Crippen LogP contribution in [0.5, 0.6) is 0 Å². The van der Waals surface area contributed by atoms with Crippen molar-refractivity contribution in [2.45, 2.75) is 25.5 Å². The number of nitrogens with zero attached hydrogens (tertiary/aromatic N) is 4. The third-order valence-electron chi connectivity index (χ3n) is 3.89. The second kappa shape index (κ2) is 6.85. The van der Waals surface area contributed by atoms with E-state index in [9.17, 15) is 0 Å². The highest BCUT2D eigenvalue weighted by molar-refractivity contribution is 5.49. The normalized spacial score (nSPS) is 17.2. The molecule has 0 aliphatic carbocycles. The highest BCUT2D eigenvalue weighted by Crippen LogP contribution is 2.22. The Morgan fingerprint density at radius 2 is 2.10 bits per heavy atom. The van der Waals surface area contributed by atoms with Crippen LogP contribution in [0.4, 0.5) is 11.6 Å². The Kier molecular flexibility index (Phi) is 5.14. The van der Waals surface area contributed by atoms with E-state index in [2.05, 4.69) is 39.2 Å². The lowest BCUT2D eigenvalue weighted by Crippen LogP contribution is -2.42. The molecule has 1 N–H and O–H groups in total. The lowest BCUT2D eigenvalue weighted by atomic mass is 10.0. The molecule has 1 aliphatic heterocycles. The summed E-state index contributed by atoms with van der Waals surface area (Å²) in [6, 6.07) is 2.54. The summed E-state index contributed by atoms with van der Waals surface area (Å²) in [5.74, 6) is 2.52. The molecule has 0 spiro atoms. The molecule has 1 aliphatic rings. The number of hydrogen-bond donors (Lipinski definition) is 1. The van der Waals surface area contributed by atoms with Gasteiger partial charge in [-0.1, -0.05) is 0 Å². The van der Waals surface area contributed by atoms with Gasteiger partial charge in [0.1, 0.15) is 18.2 Å². The Morgan fingerprint density at radius 3 is 2.70 bits per heavy atom. The van der Waals surface area contributed by atoms with Crippen LogP contribution in [-0.4, -0.2) is 62.3 Å². The third-order valence-corrected chi connectivity index (χ3v) is 3.89. The largest absolute Gasteiger partial charge is 0.377 e. The monoisotopic (exact) mass is 279 g/mol. The summed E-state index contributed by atoms with van der Waals surface area (Å²) in [5.41, 5.74) is 0. The van der Waals surface area contributed by atoms with Crippen LogP contribution >= 0.6 is 0 Å². The van der Waals surface area contributed by atoms with Crippen LogP contribution in [-0.2, 0) is 11.3 Å². The van der Waals surface area contributed by atoms with E-state index < -0.39 is 0 Å². The van der Waals surface area contributed by atoms with Gasteiger partial charge in [-0.25, -0.2) is 9.97 Å². The molecule has 20 heavy (non-hydrogen) atoms. The number of piperidine rings is 1. The van der Waals surface area contributed by atoms with Crippen LogP contribution in [0.1, 0.15) is 18.7 Å². The Labute approximate surface area is 121 Å². The fourth-order valence-corrected chi connectivity index (χ4v) is 2.55. The molecule has 0 atom stereocenters. The number of hydrogen-bond acceptors (Lipinski definition) is 6. The SMILES string of the molecule is CNc1cc(N(C)C2CCN(C)CC2)nc(COC)n1. The van der Waals surface area contributed by atoms with E-state index in [1.165, 1.54) is 12.8 Å². The summed E-state index contributed by atoms with van der Waals surface area (Å²) in [7, 11) is 7.83. The van der Waals surface area contributed by atoms with Crippen LogP contribution in [0.3, 0.4) is 0 Å². The van der Waals surface area contributed by atoms with Crippen molar-refractivity contribution < 1.29 is 4.74 Å². The Morgan fingerprint density at radius 1 is 1.40 bits per heavy atom. The van der Waals surface area contributed by atoms with Gasteiger partial charge in [0.2, 0.25) is 0 Å². The van der Waals surface area contributed by atoms with Gasteiger partial charge < -0.3 is 19.9 Å². The fourth-order valence-electron chi connectivity index (χ4n) is 2.55. The maximum absolute atomic E-state index is 5.14. The second-order valence-electron chi connectivity index (χ2n) is 5.36. The van der Waals surface area contributed by atoms with Crippen LogP contribution in [0.2, 0.25) is 0 Å². The molecule has 2 rings (SSSR count). The van der Waals surface area contributed by atoms with Gasteiger partial charge in [0.25, 0.3) is 0 Å². The number of likely N-dealkylation sites (tertiary alicyclic amines) is 1. The molecule has 1 aromatic heterocycles. The summed E-state index contributed by atoms with van der Waals surface area (Å²) >= 11 is 0. The number of methoxy groups -OCH3 is 1. The average Bonchev–Trinajstić information content (AvgIpc) is 2.47. The number of nitrogens with one attached hydrogen (secondary N) is 1. The molecule has 112 valence electrons. The van der Waals surface area contributed by atoms with Gasteiger partial charge in [-0.3, -0.25) is 0 Å². The molecule has 0 radical (unpaired) electrons. The highest BCUT2D eigenvalue weighted by Gasteiger charge is 2.22. The molecule has 0 aromatic carbocycles. The fraction of sp³-hybridized carbons (Fsp3) is 0.714. The van der Waals surface area contributed by atoms with Crippen molar-refractivity contribution >= 4 is 11.6 Å². The maximum atomic E-state index is 5.14. The Hall–Kier alpha value is -1.40. The van der Waals surface area contributed by atoms with Crippen molar-refractivity contribution in [3.05, 3.63) is 11.9 Å². The van der Waals surface area contributed by atoms with Crippen molar-refractivity contribution in [2.75, 3.05) is 51.6 Å². The van der Waals surface area contributed by atoms with E-state index in [4.69, 9.17) is 4.74 Å². The van der Waals surface area contributed by atoms with Crippen LogP contribution in [0.25, 0.3) is 0 Å². The molecule has 1 aromatic rings. The van der Waals surface area contributed by atoms with Crippen LogP contribution in [0, 0.1) is 0 Å². The highest BCUT2D eigenvalue weighted by atomic mass is 16.5. The number of rotatable bonds is 5. The molecule has 0 saturated carbocycles. The van der Waals surface area contributed by atoms with Gasteiger partial charge in [-0.2, -0.15) is 0 Å². The molecule has 0 bridgehead atoms. The number of aromatic nitrogens is 2.